The van der Waals surface area contributed by atoms with Crippen LogP contribution < -0.4 is 10.2 Å². The molecule has 2 aromatic rings. The first-order chi connectivity index (χ1) is 11.9. The molecule has 3 rings (SSSR count). The van der Waals surface area contributed by atoms with E-state index in [2.05, 4.69) is 5.32 Å². The molecule has 0 spiro atoms. The Morgan fingerprint density at radius 2 is 1.84 bits per heavy atom. The summed E-state index contributed by atoms with van der Waals surface area (Å²) in [7, 11) is 0. The Labute approximate surface area is 152 Å². The van der Waals surface area contributed by atoms with Crippen LogP contribution in [-0.2, 0) is 9.59 Å². The van der Waals surface area contributed by atoms with Gasteiger partial charge in [-0.1, -0.05) is 29.8 Å². The predicted octanol–water partition coefficient (Wildman–Crippen LogP) is 4.26. The van der Waals surface area contributed by atoms with Gasteiger partial charge in [-0.25, -0.2) is 0 Å². The first kappa shape index (κ1) is 17.5. The van der Waals surface area contributed by atoms with Crippen LogP contribution in [0, 0.1) is 26.7 Å². The molecule has 2 aromatic carbocycles. The Bertz CT molecular complexity index is 848. The van der Waals surface area contributed by atoms with Crippen molar-refractivity contribution in [1.82, 2.24) is 0 Å². The minimum atomic E-state index is -0.370. The Hall–Kier alpha value is -2.33. The molecule has 1 aliphatic rings. The molecule has 1 aliphatic heterocycles. The summed E-state index contributed by atoms with van der Waals surface area (Å²) in [4.78, 5) is 26.8. The van der Waals surface area contributed by atoms with Gasteiger partial charge in [0.2, 0.25) is 11.8 Å². The van der Waals surface area contributed by atoms with Gasteiger partial charge in [0.25, 0.3) is 0 Å². The average molecular weight is 357 g/mol. The van der Waals surface area contributed by atoms with Gasteiger partial charge in [0.05, 0.1) is 5.92 Å². The number of anilines is 2. The highest BCUT2D eigenvalue weighted by Gasteiger charge is 2.35. The lowest BCUT2D eigenvalue weighted by Crippen LogP contribution is -2.28. The van der Waals surface area contributed by atoms with Crippen LogP contribution in [0.25, 0.3) is 0 Å². The van der Waals surface area contributed by atoms with Crippen molar-refractivity contribution in [2.24, 2.45) is 5.92 Å². The number of benzene rings is 2. The maximum absolute atomic E-state index is 12.6. The number of rotatable bonds is 3. The molecule has 130 valence electrons. The Balaban J connectivity index is 1.77. The molecule has 1 N–H and O–H groups in total. The number of aryl methyl sites for hydroxylation is 1. The van der Waals surface area contributed by atoms with E-state index in [-0.39, 0.29) is 24.2 Å². The number of hydrogen-bond acceptors (Lipinski definition) is 2. The highest BCUT2D eigenvalue weighted by molar-refractivity contribution is 6.31. The zero-order chi connectivity index (χ0) is 18.1. The third-order valence-corrected chi connectivity index (χ3v) is 5.30. The number of amides is 2. The van der Waals surface area contributed by atoms with Crippen molar-refractivity contribution in [3.8, 4) is 0 Å². The summed E-state index contributed by atoms with van der Waals surface area (Å²) in [5.74, 6) is -0.533. The zero-order valence-corrected chi connectivity index (χ0v) is 15.4. The Morgan fingerprint density at radius 3 is 2.60 bits per heavy atom. The molecular weight excluding hydrogens is 336 g/mol. The highest BCUT2D eigenvalue weighted by Crippen LogP contribution is 2.30. The van der Waals surface area contributed by atoms with Crippen molar-refractivity contribution < 1.29 is 9.59 Å². The number of nitrogens with one attached hydrogen (secondary N) is 1. The van der Waals surface area contributed by atoms with Crippen LogP contribution in [0.2, 0.25) is 5.02 Å². The largest absolute Gasteiger partial charge is 0.325 e. The van der Waals surface area contributed by atoms with Crippen LogP contribution in [0.3, 0.4) is 0 Å². The van der Waals surface area contributed by atoms with Crippen LogP contribution in [0.1, 0.15) is 23.1 Å². The second kappa shape index (κ2) is 6.89. The van der Waals surface area contributed by atoms with E-state index in [1.165, 1.54) is 0 Å². The van der Waals surface area contributed by atoms with Gasteiger partial charge in [-0.2, -0.15) is 0 Å². The van der Waals surface area contributed by atoms with Gasteiger partial charge >= 0.3 is 0 Å². The second-order valence-electron chi connectivity index (χ2n) is 6.53. The molecule has 1 atom stereocenters. The Kier molecular flexibility index (Phi) is 4.82. The van der Waals surface area contributed by atoms with Crippen LogP contribution in [-0.4, -0.2) is 18.4 Å². The van der Waals surface area contributed by atoms with Gasteiger partial charge in [-0.15, -0.1) is 0 Å². The van der Waals surface area contributed by atoms with E-state index < -0.39 is 0 Å². The summed E-state index contributed by atoms with van der Waals surface area (Å²) in [6, 6.07) is 11.3. The Morgan fingerprint density at radius 1 is 1.12 bits per heavy atom. The molecule has 25 heavy (non-hydrogen) atoms. The average Bonchev–Trinajstić information content (AvgIpc) is 2.96. The van der Waals surface area contributed by atoms with E-state index in [4.69, 9.17) is 11.6 Å². The van der Waals surface area contributed by atoms with Gasteiger partial charge in [0, 0.05) is 29.4 Å². The predicted molar refractivity (Wildman–Crippen MR) is 101 cm³/mol. The van der Waals surface area contributed by atoms with Gasteiger partial charge in [-0.05, 0) is 55.7 Å². The van der Waals surface area contributed by atoms with Crippen molar-refractivity contribution in [2.75, 3.05) is 16.8 Å². The summed E-state index contributed by atoms with van der Waals surface area (Å²) in [5.41, 5.74) is 4.61. The first-order valence-corrected chi connectivity index (χ1v) is 8.69. The van der Waals surface area contributed by atoms with E-state index in [9.17, 15) is 9.59 Å². The third-order valence-electron chi connectivity index (χ3n) is 4.89. The fraction of sp³-hybridized carbons (Fsp3) is 0.300. The lowest BCUT2D eigenvalue weighted by atomic mass is 10.1. The maximum atomic E-state index is 12.6. The monoisotopic (exact) mass is 356 g/mol. The summed E-state index contributed by atoms with van der Waals surface area (Å²) in [6.45, 7) is 6.28. The van der Waals surface area contributed by atoms with Crippen molar-refractivity contribution in [2.45, 2.75) is 27.2 Å². The molecule has 1 saturated heterocycles. The number of nitrogens with zero attached hydrogens (tertiary/aromatic N) is 1. The van der Waals surface area contributed by atoms with Crippen molar-refractivity contribution in [3.05, 3.63) is 58.1 Å². The van der Waals surface area contributed by atoms with E-state index in [1.54, 1.807) is 17.0 Å². The van der Waals surface area contributed by atoms with Crippen molar-refractivity contribution in [3.63, 3.8) is 0 Å². The van der Waals surface area contributed by atoms with E-state index in [1.807, 2.05) is 45.0 Å². The third kappa shape index (κ3) is 3.40. The zero-order valence-electron chi connectivity index (χ0n) is 14.6. The molecule has 0 radical (unpaired) electrons. The minimum Gasteiger partial charge on any atom is -0.325 e. The number of carbonyl (C=O) groups is 2. The number of hydrogen-bond donors (Lipinski definition) is 1. The first-order valence-electron chi connectivity index (χ1n) is 8.31. The molecule has 5 heteroatoms. The standard InChI is InChI=1S/C20H21ClN2O2/c1-12-6-4-9-18(13(12)2)23-11-15(10-19(23)24)20(25)22-17-8-5-7-16(21)14(17)3/h4-9,15H,10-11H2,1-3H3,(H,22,25)/t15-/m1/s1. The van der Waals surface area contributed by atoms with E-state index in [0.29, 0.717) is 17.3 Å². The number of carbonyl (C=O) groups excluding carboxylic acids is 2. The number of halogens is 1. The molecule has 0 aliphatic carbocycles. The smallest absolute Gasteiger partial charge is 0.229 e. The maximum Gasteiger partial charge on any atom is 0.229 e. The second-order valence-corrected chi connectivity index (χ2v) is 6.93. The lowest BCUT2D eigenvalue weighted by molar-refractivity contribution is -0.122. The molecule has 0 saturated carbocycles. The molecule has 4 nitrogen and oxygen atoms in total. The fourth-order valence-electron chi connectivity index (χ4n) is 3.12. The molecule has 0 aromatic heterocycles. The van der Waals surface area contributed by atoms with Crippen LogP contribution in [0.15, 0.2) is 36.4 Å². The summed E-state index contributed by atoms with van der Waals surface area (Å²) in [5, 5.41) is 3.52. The van der Waals surface area contributed by atoms with Gasteiger partial charge < -0.3 is 10.2 Å². The fourth-order valence-corrected chi connectivity index (χ4v) is 3.30. The minimum absolute atomic E-state index is 0.0170. The summed E-state index contributed by atoms with van der Waals surface area (Å²) >= 11 is 6.10. The van der Waals surface area contributed by atoms with Crippen molar-refractivity contribution >= 4 is 34.8 Å². The quantitative estimate of drug-likeness (QED) is 0.893. The molecule has 0 bridgehead atoms. The highest BCUT2D eigenvalue weighted by atomic mass is 35.5. The van der Waals surface area contributed by atoms with Gasteiger partial charge in [0.1, 0.15) is 0 Å². The molecular formula is C20H21ClN2O2. The van der Waals surface area contributed by atoms with Crippen LogP contribution >= 0.6 is 11.6 Å². The summed E-state index contributed by atoms with van der Waals surface area (Å²) in [6.07, 6.45) is 0.221. The van der Waals surface area contributed by atoms with E-state index >= 15 is 0 Å². The van der Waals surface area contributed by atoms with Crippen LogP contribution in [0.4, 0.5) is 11.4 Å². The molecule has 1 heterocycles. The normalized spacial score (nSPS) is 17.0. The molecule has 2 amide bonds. The lowest BCUT2D eigenvalue weighted by Gasteiger charge is -2.20. The summed E-state index contributed by atoms with van der Waals surface area (Å²) < 4.78 is 0. The topological polar surface area (TPSA) is 49.4 Å². The SMILES string of the molecule is Cc1cccc(N2C[C@H](C(=O)Nc3cccc(Cl)c3C)CC2=O)c1C. The molecule has 1 fully saturated rings. The van der Waals surface area contributed by atoms with Crippen LogP contribution in [0.5, 0.6) is 0 Å². The van der Waals surface area contributed by atoms with Gasteiger partial charge in [-0.3, -0.25) is 9.59 Å². The molecule has 0 unspecified atom stereocenters. The van der Waals surface area contributed by atoms with Gasteiger partial charge in [0.15, 0.2) is 0 Å². The van der Waals surface area contributed by atoms with Crippen molar-refractivity contribution in [1.29, 1.82) is 0 Å². The van der Waals surface area contributed by atoms with E-state index in [0.717, 1.165) is 22.4 Å².